The van der Waals surface area contributed by atoms with Crippen molar-refractivity contribution < 1.29 is 18.1 Å². The Labute approximate surface area is 140 Å². The van der Waals surface area contributed by atoms with Crippen molar-refractivity contribution in [2.45, 2.75) is 18.9 Å². The van der Waals surface area contributed by atoms with Crippen molar-refractivity contribution in [3.8, 4) is 0 Å². The van der Waals surface area contributed by atoms with Gasteiger partial charge in [-0.25, -0.2) is 12.7 Å². The van der Waals surface area contributed by atoms with E-state index in [2.05, 4.69) is 5.32 Å². The zero-order chi connectivity index (χ0) is 17.7. The molecule has 2 rings (SSSR count). The van der Waals surface area contributed by atoms with Crippen LogP contribution in [0.4, 0.5) is 5.69 Å². The molecule has 0 bridgehead atoms. The molecule has 1 aliphatic rings. The van der Waals surface area contributed by atoms with Crippen molar-refractivity contribution in [1.82, 2.24) is 9.62 Å². The van der Waals surface area contributed by atoms with Crippen LogP contribution in [0.3, 0.4) is 0 Å². The third-order valence-electron chi connectivity index (χ3n) is 3.78. The van der Waals surface area contributed by atoms with E-state index < -0.39 is 14.9 Å². The number of nitro benzene ring substituents is 1. The number of rotatable bonds is 5. The van der Waals surface area contributed by atoms with Gasteiger partial charge >= 0.3 is 0 Å². The SMILES string of the molecule is CS(=O)(=O)N1CCC(NC(=O)/C=C/c2cccc([N+](=O)[O-])c2)CC1. The second kappa shape index (κ2) is 7.54. The van der Waals surface area contributed by atoms with Gasteiger partial charge in [0, 0.05) is 37.3 Å². The molecule has 0 radical (unpaired) electrons. The third-order valence-corrected chi connectivity index (χ3v) is 5.08. The average molecular weight is 353 g/mol. The quantitative estimate of drug-likeness (QED) is 0.485. The van der Waals surface area contributed by atoms with Crippen LogP contribution in [0.15, 0.2) is 30.3 Å². The predicted molar refractivity (Wildman–Crippen MR) is 89.7 cm³/mol. The lowest BCUT2D eigenvalue weighted by atomic mass is 10.1. The molecule has 1 aromatic rings. The fraction of sp³-hybridized carbons (Fsp3) is 0.400. The first-order valence-electron chi connectivity index (χ1n) is 7.44. The molecule has 0 saturated carbocycles. The highest BCUT2D eigenvalue weighted by molar-refractivity contribution is 7.88. The molecule has 9 heteroatoms. The highest BCUT2D eigenvalue weighted by atomic mass is 32.2. The summed E-state index contributed by atoms with van der Waals surface area (Å²) in [4.78, 5) is 22.1. The minimum Gasteiger partial charge on any atom is -0.350 e. The molecule has 0 aromatic heterocycles. The summed E-state index contributed by atoms with van der Waals surface area (Å²) < 4.78 is 24.3. The lowest BCUT2D eigenvalue weighted by Gasteiger charge is -2.30. The van der Waals surface area contributed by atoms with E-state index in [9.17, 15) is 23.3 Å². The largest absolute Gasteiger partial charge is 0.350 e. The van der Waals surface area contributed by atoms with E-state index in [4.69, 9.17) is 0 Å². The summed E-state index contributed by atoms with van der Waals surface area (Å²) in [5, 5.41) is 13.5. The van der Waals surface area contributed by atoms with Gasteiger partial charge in [-0.3, -0.25) is 14.9 Å². The molecule has 1 amide bonds. The first-order chi connectivity index (χ1) is 11.3. The van der Waals surface area contributed by atoms with Crippen molar-refractivity contribution in [3.63, 3.8) is 0 Å². The van der Waals surface area contributed by atoms with Gasteiger partial charge in [0.2, 0.25) is 15.9 Å². The van der Waals surface area contributed by atoms with E-state index in [-0.39, 0.29) is 17.6 Å². The van der Waals surface area contributed by atoms with Gasteiger partial charge in [-0.2, -0.15) is 0 Å². The van der Waals surface area contributed by atoms with E-state index in [1.54, 1.807) is 12.1 Å². The molecule has 0 unspecified atom stereocenters. The topological polar surface area (TPSA) is 110 Å². The van der Waals surface area contributed by atoms with Crippen LogP contribution >= 0.6 is 0 Å². The number of carbonyl (C=O) groups is 1. The Hall–Kier alpha value is -2.26. The predicted octanol–water partition coefficient (Wildman–Crippen LogP) is 1.15. The molecule has 1 aromatic carbocycles. The summed E-state index contributed by atoms with van der Waals surface area (Å²) in [6.07, 6.45) is 5.12. The van der Waals surface area contributed by atoms with Gasteiger partial charge in [0.15, 0.2) is 0 Å². The van der Waals surface area contributed by atoms with Gasteiger partial charge in [0.05, 0.1) is 11.2 Å². The number of piperidine rings is 1. The maximum Gasteiger partial charge on any atom is 0.270 e. The number of nitrogens with one attached hydrogen (secondary N) is 1. The van der Waals surface area contributed by atoms with Crippen LogP contribution in [0, 0.1) is 10.1 Å². The number of benzene rings is 1. The number of carbonyl (C=O) groups excluding carboxylic acids is 1. The van der Waals surface area contributed by atoms with E-state index >= 15 is 0 Å². The number of hydrogen-bond donors (Lipinski definition) is 1. The minimum absolute atomic E-state index is 0.0364. The minimum atomic E-state index is -3.18. The molecular weight excluding hydrogens is 334 g/mol. The van der Waals surface area contributed by atoms with Crippen LogP contribution < -0.4 is 5.32 Å². The molecule has 0 spiro atoms. The first-order valence-corrected chi connectivity index (χ1v) is 9.29. The van der Waals surface area contributed by atoms with Gasteiger partial charge in [-0.1, -0.05) is 12.1 Å². The molecule has 8 nitrogen and oxygen atoms in total. The second-order valence-electron chi connectivity index (χ2n) is 5.63. The van der Waals surface area contributed by atoms with Crippen molar-refractivity contribution >= 4 is 27.7 Å². The lowest BCUT2D eigenvalue weighted by molar-refractivity contribution is -0.384. The lowest BCUT2D eigenvalue weighted by Crippen LogP contribution is -2.45. The highest BCUT2D eigenvalue weighted by Crippen LogP contribution is 2.15. The fourth-order valence-corrected chi connectivity index (χ4v) is 3.37. The Morgan fingerprint density at radius 1 is 1.38 bits per heavy atom. The number of hydrogen-bond acceptors (Lipinski definition) is 5. The van der Waals surface area contributed by atoms with E-state index in [1.807, 2.05) is 0 Å². The summed E-state index contributed by atoms with van der Waals surface area (Å²) in [6, 6.07) is 5.91. The summed E-state index contributed by atoms with van der Waals surface area (Å²) in [5.74, 6) is -0.306. The smallest absolute Gasteiger partial charge is 0.270 e. The zero-order valence-corrected chi connectivity index (χ0v) is 14.0. The van der Waals surface area contributed by atoms with Crippen molar-refractivity contribution in [2.24, 2.45) is 0 Å². The fourth-order valence-electron chi connectivity index (χ4n) is 2.50. The van der Waals surface area contributed by atoms with E-state index in [0.29, 0.717) is 31.5 Å². The van der Waals surface area contributed by atoms with Gasteiger partial charge in [-0.05, 0) is 24.5 Å². The molecule has 130 valence electrons. The van der Waals surface area contributed by atoms with Gasteiger partial charge in [0.25, 0.3) is 5.69 Å². The number of sulfonamides is 1. The van der Waals surface area contributed by atoms with Crippen LogP contribution in [-0.4, -0.2) is 48.9 Å². The molecule has 0 aliphatic carbocycles. The molecule has 1 N–H and O–H groups in total. The van der Waals surface area contributed by atoms with Crippen LogP contribution in [0.2, 0.25) is 0 Å². The van der Waals surface area contributed by atoms with Gasteiger partial charge in [-0.15, -0.1) is 0 Å². The Kier molecular flexibility index (Phi) is 5.68. The summed E-state index contributed by atoms with van der Waals surface area (Å²) in [6.45, 7) is 0.775. The first kappa shape index (κ1) is 18.1. The number of nitrogens with zero attached hydrogens (tertiary/aromatic N) is 2. The molecule has 0 atom stereocenters. The monoisotopic (exact) mass is 353 g/mol. The molecule has 24 heavy (non-hydrogen) atoms. The van der Waals surface area contributed by atoms with Crippen LogP contribution in [0.25, 0.3) is 6.08 Å². The number of nitro groups is 1. The molecule has 1 heterocycles. The van der Waals surface area contributed by atoms with Crippen molar-refractivity contribution in [1.29, 1.82) is 0 Å². The zero-order valence-electron chi connectivity index (χ0n) is 13.2. The normalized spacial score (nSPS) is 17.0. The Bertz CT molecular complexity index is 752. The number of non-ortho nitro benzene ring substituents is 1. The third kappa shape index (κ3) is 5.14. The molecule has 1 fully saturated rings. The Morgan fingerprint density at radius 3 is 2.62 bits per heavy atom. The Morgan fingerprint density at radius 2 is 2.04 bits per heavy atom. The summed E-state index contributed by atoms with van der Waals surface area (Å²) in [5.41, 5.74) is 0.525. The van der Waals surface area contributed by atoms with E-state index in [1.165, 1.54) is 34.8 Å². The van der Waals surface area contributed by atoms with Gasteiger partial charge < -0.3 is 5.32 Å². The summed E-state index contributed by atoms with van der Waals surface area (Å²) >= 11 is 0. The van der Waals surface area contributed by atoms with Crippen LogP contribution in [0.5, 0.6) is 0 Å². The van der Waals surface area contributed by atoms with Gasteiger partial charge in [0.1, 0.15) is 0 Å². The van der Waals surface area contributed by atoms with Crippen LogP contribution in [0.1, 0.15) is 18.4 Å². The maximum atomic E-state index is 11.9. The number of amides is 1. The Balaban J connectivity index is 1.88. The highest BCUT2D eigenvalue weighted by Gasteiger charge is 2.25. The summed E-state index contributed by atoms with van der Waals surface area (Å²) in [7, 11) is -3.18. The van der Waals surface area contributed by atoms with Crippen molar-refractivity contribution in [2.75, 3.05) is 19.3 Å². The van der Waals surface area contributed by atoms with Crippen LogP contribution in [-0.2, 0) is 14.8 Å². The average Bonchev–Trinajstić information content (AvgIpc) is 2.53. The molecular formula is C15H19N3O5S. The standard InChI is InChI=1S/C15H19N3O5S/c1-24(22,23)17-9-7-13(8-10-17)16-15(19)6-5-12-3-2-4-14(11-12)18(20)21/h2-6,11,13H,7-10H2,1H3,(H,16,19)/b6-5+. The van der Waals surface area contributed by atoms with Crippen molar-refractivity contribution in [3.05, 3.63) is 46.0 Å². The van der Waals surface area contributed by atoms with E-state index in [0.717, 1.165) is 0 Å². The second-order valence-corrected chi connectivity index (χ2v) is 7.61. The molecule has 1 aliphatic heterocycles. The molecule has 1 saturated heterocycles. The maximum absolute atomic E-state index is 11.9.